The van der Waals surface area contributed by atoms with Gasteiger partial charge < -0.3 is 14.6 Å². The van der Waals surface area contributed by atoms with Crippen molar-refractivity contribution in [2.45, 2.75) is 19.4 Å². The molecule has 0 bridgehead atoms. The van der Waals surface area contributed by atoms with Gasteiger partial charge in [0.1, 0.15) is 11.6 Å². The van der Waals surface area contributed by atoms with Gasteiger partial charge in [-0.2, -0.15) is 4.99 Å². The lowest BCUT2D eigenvalue weighted by Gasteiger charge is -2.17. The summed E-state index contributed by atoms with van der Waals surface area (Å²) in [5.74, 6) is -0.176. The van der Waals surface area contributed by atoms with Gasteiger partial charge in [-0.1, -0.05) is 18.2 Å². The molecule has 1 aliphatic rings. The van der Waals surface area contributed by atoms with Crippen LogP contribution in [0, 0.1) is 5.82 Å². The van der Waals surface area contributed by atoms with Crippen LogP contribution in [0.15, 0.2) is 59.0 Å². The van der Waals surface area contributed by atoms with Crippen LogP contribution in [0.4, 0.5) is 10.1 Å². The first-order valence-electron chi connectivity index (χ1n) is 9.09. The second-order valence-corrected chi connectivity index (χ2v) is 7.44. The lowest BCUT2D eigenvalue weighted by molar-refractivity contribution is -0.120. The Labute approximate surface area is 170 Å². The summed E-state index contributed by atoms with van der Waals surface area (Å²) in [6.07, 6.45) is 2.84. The molecular weight excluding hydrogens is 393 g/mol. The van der Waals surface area contributed by atoms with E-state index in [1.54, 1.807) is 46.5 Å². The number of fused-ring (bicyclic) bond motifs is 1. The van der Waals surface area contributed by atoms with E-state index in [2.05, 4.69) is 10.3 Å². The summed E-state index contributed by atoms with van der Waals surface area (Å²) in [5, 5.41) is 4.60. The number of nitrogens with one attached hydrogen (secondary N) is 1. The van der Waals surface area contributed by atoms with Crippen LogP contribution in [0.25, 0.3) is 0 Å². The van der Waals surface area contributed by atoms with E-state index in [1.165, 1.54) is 17.4 Å². The monoisotopic (exact) mass is 411 g/mol. The Morgan fingerprint density at radius 3 is 2.97 bits per heavy atom. The molecule has 8 heteroatoms. The van der Waals surface area contributed by atoms with Gasteiger partial charge in [0.15, 0.2) is 11.4 Å². The molecular formula is C21H18FN3O3S. The maximum atomic E-state index is 13.9. The molecule has 29 heavy (non-hydrogen) atoms. The molecule has 1 N–H and O–H groups in total. The van der Waals surface area contributed by atoms with Gasteiger partial charge in [0.05, 0.1) is 6.54 Å². The molecule has 3 aromatic rings. The molecule has 2 amide bonds. The first kappa shape index (κ1) is 19.1. The number of aryl methyl sites for hydroxylation is 1. The van der Waals surface area contributed by atoms with E-state index in [-0.39, 0.29) is 18.3 Å². The van der Waals surface area contributed by atoms with Crippen molar-refractivity contribution in [1.82, 2.24) is 4.57 Å². The molecule has 0 saturated heterocycles. The molecule has 148 valence electrons. The van der Waals surface area contributed by atoms with E-state index in [0.29, 0.717) is 35.5 Å². The molecule has 0 radical (unpaired) electrons. The lowest BCUT2D eigenvalue weighted by Crippen LogP contribution is -2.20. The molecule has 1 aliphatic heterocycles. The van der Waals surface area contributed by atoms with Gasteiger partial charge in [-0.15, -0.1) is 11.3 Å². The molecule has 0 spiro atoms. The molecule has 0 aliphatic carbocycles. The van der Waals surface area contributed by atoms with Crippen LogP contribution < -0.4 is 14.9 Å². The zero-order valence-corrected chi connectivity index (χ0v) is 16.2. The molecule has 0 fully saturated rings. The number of carbonyl (C=O) groups is 2. The van der Waals surface area contributed by atoms with E-state index in [0.717, 1.165) is 11.3 Å². The average molecular weight is 411 g/mol. The van der Waals surface area contributed by atoms with Crippen LogP contribution >= 0.6 is 11.3 Å². The summed E-state index contributed by atoms with van der Waals surface area (Å²) >= 11 is 1.30. The fourth-order valence-electron chi connectivity index (χ4n) is 3.05. The van der Waals surface area contributed by atoms with Crippen LogP contribution in [0.1, 0.15) is 17.5 Å². The number of ether oxygens (including phenoxy) is 1. The summed E-state index contributed by atoms with van der Waals surface area (Å²) in [7, 11) is 0. The number of anilines is 1. The van der Waals surface area contributed by atoms with E-state index in [4.69, 9.17) is 4.74 Å². The van der Waals surface area contributed by atoms with Crippen LogP contribution in [0.2, 0.25) is 0 Å². The second kappa shape index (κ2) is 8.40. The van der Waals surface area contributed by atoms with Crippen molar-refractivity contribution in [3.8, 4) is 5.75 Å². The van der Waals surface area contributed by atoms with Crippen molar-refractivity contribution in [3.05, 3.63) is 75.8 Å². The first-order chi connectivity index (χ1) is 14.1. The van der Waals surface area contributed by atoms with Crippen LogP contribution in [-0.4, -0.2) is 23.0 Å². The number of hydrogen-bond donors (Lipinski definition) is 1. The number of hydrogen-bond acceptors (Lipinski definition) is 4. The number of amides is 2. The van der Waals surface area contributed by atoms with E-state index < -0.39 is 5.91 Å². The largest absolute Gasteiger partial charge is 0.484 e. The molecule has 4 rings (SSSR count). The Morgan fingerprint density at radius 1 is 1.24 bits per heavy atom. The number of rotatable bonds is 5. The highest BCUT2D eigenvalue weighted by Gasteiger charge is 2.15. The Balaban J connectivity index is 1.43. The fraction of sp³-hybridized carbons (Fsp3) is 0.190. The van der Waals surface area contributed by atoms with Crippen molar-refractivity contribution in [2.75, 3.05) is 11.9 Å². The molecule has 1 aromatic heterocycles. The predicted molar refractivity (Wildman–Crippen MR) is 107 cm³/mol. The standard InChI is InChI=1S/C21H18FN3O3S/c22-17-4-2-1-3-15(17)12-25-9-10-29-21(25)24-20(27)13-28-16-6-7-18-14(11-16)5-8-19(26)23-18/h1-4,6-7,9-11H,5,8,12-13H2,(H,23,26). The quantitative estimate of drug-likeness (QED) is 0.701. The van der Waals surface area contributed by atoms with Crippen LogP contribution in [0.3, 0.4) is 0 Å². The SMILES string of the molecule is O=C(COc1ccc2c(c1)CCC(=O)N2)N=c1sccn1Cc1ccccc1F. The number of nitrogens with zero attached hydrogens (tertiary/aromatic N) is 2. The zero-order chi connectivity index (χ0) is 20.2. The van der Waals surface area contributed by atoms with Gasteiger partial charge in [0.25, 0.3) is 5.91 Å². The number of aromatic nitrogens is 1. The molecule has 2 aromatic carbocycles. The summed E-state index contributed by atoms with van der Waals surface area (Å²) in [6.45, 7) is 0.0857. The fourth-order valence-corrected chi connectivity index (χ4v) is 3.80. The molecule has 0 saturated carbocycles. The van der Waals surface area contributed by atoms with Gasteiger partial charge in [-0.3, -0.25) is 9.59 Å². The predicted octanol–water partition coefficient (Wildman–Crippen LogP) is 3.13. The minimum absolute atomic E-state index is 0.000202. The number of thiazole rings is 1. The number of halogens is 1. The van der Waals surface area contributed by atoms with Gasteiger partial charge in [-0.25, -0.2) is 4.39 Å². The van der Waals surface area contributed by atoms with Gasteiger partial charge >= 0.3 is 0 Å². The molecule has 0 unspecified atom stereocenters. The third kappa shape index (κ3) is 4.60. The summed E-state index contributed by atoms with van der Waals surface area (Å²) in [5.41, 5.74) is 2.28. The Bertz CT molecular complexity index is 1140. The third-order valence-electron chi connectivity index (χ3n) is 4.51. The minimum Gasteiger partial charge on any atom is -0.484 e. The van der Waals surface area contributed by atoms with Crippen molar-refractivity contribution >= 4 is 28.8 Å². The Kier molecular flexibility index (Phi) is 5.53. The smallest absolute Gasteiger partial charge is 0.286 e. The highest BCUT2D eigenvalue weighted by Crippen LogP contribution is 2.26. The zero-order valence-electron chi connectivity index (χ0n) is 15.4. The first-order valence-corrected chi connectivity index (χ1v) is 9.97. The molecule has 6 nitrogen and oxygen atoms in total. The van der Waals surface area contributed by atoms with Crippen molar-refractivity contribution < 1.29 is 18.7 Å². The topological polar surface area (TPSA) is 72.7 Å². The van der Waals surface area contributed by atoms with Crippen molar-refractivity contribution in [3.63, 3.8) is 0 Å². The number of benzene rings is 2. The van der Waals surface area contributed by atoms with Crippen LogP contribution in [0.5, 0.6) is 5.75 Å². The van der Waals surface area contributed by atoms with Crippen molar-refractivity contribution in [2.24, 2.45) is 4.99 Å². The van der Waals surface area contributed by atoms with Crippen LogP contribution in [-0.2, 0) is 22.6 Å². The van der Waals surface area contributed by atoms with E-state index in [9.17, 15) is 14.0 Å². The average Bonchev–Trinajstić information content (AvgIpc) is 3.14. The minimum atomic E-state index is -0.430. The third-order valence-corrected chi connectivity index (χ3v) is 5.31. The van der Waals surface area contributed by atoms with Gasteiger partial charge in [0.2, 0.25) is 5.91 Å². The highest BCUT2D eigenvalue weighted by molar-refractivity contribution is 7.07. The Hall–Kier alpha value is -3.26. The highest BCUT2D eigenvalue weighted by atomic mass is 32.1. The molecule has 2 heterocycles. The Morgan fingerprint density at radius 2 is 2.10 bits per heavy atom. The number of carbonyl (C=O) groups excluding carboxylic acids is 2. The maximum Gasteiger partial charge on any atom is 0.286 e. The van der Waals surface area contributed by atoms with E-state index >= 15 is 0 Å². The summed E-state index contributed by atoms with van der Waals surface area (Å²) in [6, 6.07) is 11.8. The normalized spacial score (nSPS) is 13.7. The van der Waals surface area contributed by atoms with Crippen molar-refractivity contribution in [1.29, 1.82) is 0 Å². The lowest BCUT2D eigenvalue weighted by atomic mass is 10.0. The summed E-state index contributed by atoms with van der Waals surface area (Å²) in [4.78, 5) is 28.3. The van der Waals surface area contributed by atoms with Gasteiger partial charge in [0, 0.05) is 29.2 Å². The van der Waals surface area contributed by atoms with E-state index in [1.807, 2.05) is 6.07 Å². The second-order valence-electron chi connectivity index (χ2n) is 6.57. The molecule has 0 atom stereocenters. The van der Waals surface area contributed by atoms with Gasteiger partial charge in [-0.05, 0) is 36.2 Å². The summed E-state index contributed by atoms with van der Waals surface area (Å²) < 4.78 is 21.2. The maximum absolute atomic E-state index is 13.9.